The van der Waals surface area contributed by atoms with Crippen LogP contribution in [0.1, 0.15) is 41.6 Å². The van der Waals surface area contributed by atoms with Crippen molar-refractivity contribution in [3.8, 4) is 0 Å². The molecule has 0 aromatic heterocycles. The number of urea groups is 1. The molecule has 0 heterocycles. The number of alkyl halides is 2. The van der Waals surface area contributed by atoms with Gasteiger partial charge in [0.1, 0.15) is 0 Å². The molecule has 1 aromatic rings. The van der Waals surface area contributed by atoms with E-state index < -0.39 is 17.9 Å². The number of halogens is 2. The van der Waals surface area contributed by atoms with Gasteiger partial charge in [0.2, 0.25) is 5.92 Å². The summed E-state index contributed by atoms with van der Waals surface area (Å²) in [7, 11) is 0. The first-order valence-electron chi connectivity index (χ1n) is 7.10. The highest BCUT2D eigenvalue weighted by atomic mass is 19.3. The van der Waals surface area contributed by atoms with E-state index in [4.69, 9.17) is 5.11 Å². The maximum Gasteiger partial charge on any atom is 0.335 e. The van der Waals surface area contributed by atoms with Crippen molar-refractivity contribution >= 4 is 12.0 Å². The van der Waals surface area contributed by atoms with E-state index in [1.807, 2.05) is 0 Å². The summed E-state index contributed by atoms with van der Waals surface area (Å²) < 4.78 is 26.0. The first-order chi connectivity index (χ1) is 10.4. The molecule has 0 unspecified atom stereocenters. The summed E-state index contributed by atoms with van der Waals surface area (Å²) in [5, 5.41) is 14.1. The van der Waals surface area contributed by atoms with Gasteiger partial charge in [0.25, 0.3) is 0 Å². The Morgan fingerprint density at radius 2 is 1.77 bits per heavy atom. The molecule has 2 amide bonds. The van der Waals surface area contributed by atoms with E-state index in [1.54, 1.807) is 12.1 Å². The van der Waals surface area contributed by atoms with Crippen LogP contribution in [-0.4, -0.2) is 29.1 Å². The lowest BCUT2D eigenvalue weighted by Gasteiger charge is -2.28. The maximum absolute atomic E-state index is 13.0. The highest BCUT2D eigenvalue weighted by Gasteiger charge is 2.35. The summed E-state index contributed by atoms with van der Waals surface area (Å²) in [6.07, 6.45) is 0.144. The number of rotatable bonds is 4. The zero-order chi connectivity index (χ0) is 16.2. The Kier molecular flexibility index (Phi) is 4.95. The summed E-state index contributed by atoms with van der Waals surface area (Å²) in [6.45, 7) is 0.245. The Balaban J connectivity index is 1.75. The van der Waals surface area contributed by atoms with Gasteiger partial charge in [0.05, 0.1) is 5.56 Å². The molecule has 0 radical (unpaired) electrons. The highest BCUT2D eigenvalue weighted by molar-refractivity contribution is 5.87. The molecule has 1 fully saturated rings. The predicted octanol–water partition coefficient (Wildman–Crippen LogP) is 2.76. The number of carbonyl (C=O) groups is 2. The number of amides is 2. The standard InChI is InChI=1S/C15H18F2N2O3/c16-15(17)7-5-12(6-8-15)19-14(22)18-9-10-1-3-11(4-2-10)13(20)21/h1-4,12H,5-9H2,(H,20,21)(H2,18,19,22). The van der Waals surface area contributed by atoms with E-state index in [2.05, 4.69) is 10.6 Å². The van der Waals surface area contributed by atoms with E-state index >= 15 is 0 Å². The number of carboxylic acid groups (broad SMARTS) is 1. The average molecular weight is 312 g/mol. The predicted molar refractivity (Wildman–Crippen MR) is 76.0 cm³/mol. The van der Waals surface area contributed by atoms with E-state index in [0.29, 0.717) is 0 Å². The molecular formula is C15H18F2N2O3. The number of nitrogens with one attached hydrogen (secondary N) is 2. The van der Waals surface area contributed by atoms with E-state index in [9.17, 15) is 18.4 Å². The van der Waals surface area contributed by atoms with Crippen molar-refractivity contribution in [3.05, 3.63) is 35.4 Å². The molecule has 2 rings (SSSR count). The molecule has 3 N–H and O–H groups in total. The Morgan fingerprint density at radius 1 is 1.18 bits per heavy atom. The number of carbonyl (C=O) groups excluding carboxylic acids is 1. The van der Waals surface area contributed by atoms with Crippen molar-refractivity contribution in [2.24, 2.45) is 0 Å². The third-order valence-corrected chi connectivity index (χ3v) is 3.71. The van der Waals surface area contributed by atoms with Crippen molar-refractivity contribution in [2.75, 3.05) is 0 Å². The van der Waals surface area contributed by atoms with Crippen molar-refractivity contribution in [2.45, 2.75) is 44.2 Å². The van der Waals surface area contributed by atoms with Gasteiger partial charge in [-0.2, -0.15) is 0 Å². The summed E-state index contributed by atoms with van der Waals surface area (Å²) in [5.74, 6) is -3.62. The number of hydrogen-bond acceptors (Lipinski definition) is 2. The van der Waals surface area contributed by atoms with Gasteiger partial charge in [-0.1, -0.05) is 12.1 Å². The van der Waals surface area contributed by atoms with E-state index in [1.165, 1.54) is 12.1 Å². The second-order valence-corrected chi connectivity index (χ2v) is 5.46. The number of benzene rings is 1. The van der Waals surface area contributed by atoms with Crippen LogP contribution in [0.15, 0.2) is 24.3 Å². The first-order valence-corrected chi connectivity index (χ1v) is 7.10. The van der Waals surface area contributed by atoms with Crippen LogP contribution in [0, 0.1) is 0 Å². The lowest BCUT2D eigenvalue weighted by Crippen LogP contribution is -2.44. The molecule has 0 saturated heterocycles. The molecule has 5 nitrogen and oxygen atoms in total. The molecule has 1 aliphatic rings. The Labute approximate surface area is 126 Å². The third-order valence-electron chi connectivity index (χ3n) is 3.71. The summed E-state index contributed by atoms with van der Waals surface area (Å²) in [5.41, 5.74) is 0.937. The average Bonchev–Trinajstić information content (AvgIpc) is 2.48. The molecule has 22 heavy (non-hydrogen) atoms. The van der Waals surface area contributed by atoms with Gasteiger partial charge in [0, 0.05) is 25.4 Å². The Morgan fingerprint density at radius 3 is 2.32 bits per heavy atom. The summed E-state index contributed by atoms with van der Waals surface area (Å²) >= 11 is 0. The minimum Gasteiger partial charge on any atom is -0.478 e. The van der Waals surface area contributed by atoms with Crippen molar-refractivity contribution in [3.63, 3.8) is 0 Å². The van der Waals surface area contributed by atoms with Crippen molar-refractivity contribution < 1.29 is 23.5 Å². The van der Waals surface area contributed by atoms with Crippen LogP contribution in [0.2, 0.25) is 0 Å². The van der Waals surface area contributed by atoms with Crippen LogP contribution >= 0.6 is 0 Å². The van der Waals surface area contributed by atoms with Crippen LogP contribution in [0.3, 0.4) is 0 Å². The van der Waals surface area contributed by atoms with Crippen LogP contribution in [0.5, 0.6) is 0 Å². The third kappa shape index (κ3) is 4.68. The lowest BCUT2D eigenvalue weighted by atomic mass is 9.92. The van der Waals surface area contributed by atoms with Crippen LogP contribution in [0.25, 0.3) is 0 Å². The second kappa shape index (κ2) is 6.72. The van der Waals surface area contributed by atoms with Crippen molar-refractivity contribution in [1.82, 2.24) is 10.6 Å². The molecule has 1 aromatic carbocycles. The number of aromatic carboxylic acids is 1. The number of hydrogen-bond donors (Lipinski definition) is 3. The zero-order valence-electron chi connectivity index (χ0n) is 11.9. The molecule has 0 atom stereocenters. The fraction of sp³-hybridized carbons (Fsp3) is 0.467. The molecule has 0 spiro atoms. The highest BCUT2D eigenvalue weighted by Crippen LogP contribution is 2.32. The van der Waals surface area contributed by atoms with Gasteiger partial charge >= 0.3 is 12.0 Å². The zero-order valence-corrected chi connectivity index (χ0v) is 11.9. The van der Waals surface area contributed by atoms with Gasteiger partial charge in [-0.15, -0.1) is 0 Å². The largest absolute Gasteiger partial charge is 0.478 e. The summed E-state index contributed by atoms with van der Waals surface area (Å²) in [6, 6.07) is 5.52. The Bertz CT molecular complexity index is 536. The van der Waals surface area contributed by atoms with Gasteiger partial charge in [-0.25, -0.2) is 18.4 Å². The summed E-state index contributed by atoms with van der Waals surface area (Å²) in [4.78, 5) is 22.4. The van der Waals surface area contributed by atoms with Gasteiger partial charge in [0.15, 0.2) is 0 Å². The van der Waals surface area contributed by atoms with Gasteiger partial charge < -0.3 is 15.7 Å². The molecule has 0 bridgehead atoms. The molecular weight excluding hydrogens is 294 g/mol. The molecule has 7 heteroatoms. The van der Waals surface area contributed by atoms with E-state index in [-0.39, 0.29) is 43.8 Å². The molecule has 120 valence electrons. The van der Waals surface area contributed by atoms with Crippen LogP contribution < -0.4 is 10.6 Å². The molecule has 0 aliphatic heterocycles. The fourth-order valence-electron chi connectivity index (χ4n) is 2.37. The molecule has 1 saturated carbocycles. The second-order valence-electron chi connectivity index (χ2n) is 5.46. The van der Waals surface area contributed by atoms with Crippen molar-refractivity contribution in [1.29, 1.82) is 0 Å². The van der Waals surface area contributed by atoms with Gasteiger partial charge in [-0.3, -0.25) is 0 Å². The minimum absolute atomic E-state index is 0.177. The molecule has 1 aliphatic carbocycles. The SMILES string of the molecule is O=C(NCc1ccc(C(=O)O)cc1)NC1CCC(F)(F)CC1. The first kappa shape index (κ1) is 16.2. The monoisotopic (exact) mass is 312 g/mol. The van der Waals surface area contributed by atoms with Crippen LogP contribution in [0.4, 0.5) is 13.6 Å². The van der Waals surface area contributed by atoms with Crippen LogP contribution in [-0.2, 0) is 6.54 Å². The maximum atomic E-state index is 13.0. The smallest absolute Gasteiger partial charge is 0.335 e. The minimum atomic E-state index is -2.61. The van der Waals surface area contributed by atoms with E-state index in [0.717, 1.165) is 5.56 Å². The number of carboxylic acids is 1. The quantitative estimate of drug-likeness (QED) is 0.800. The Hall–Kier alpha value is -2.18. The topological polar surface area (TPSA) is 78.4 Å². The normalized spacial score (nSPS) is 17.7. The fourth-order valence-corrected chi connectivity index (χ4v) is 2.37. The lowest BCUT2D eigenvalue weighted by molar-refractivity contribution is -0.0395. The van der Waals surface area contributed by atoms with Gasteiger partial charge in [-0.05, 0) is 30.5 Å².